The predicted molar refractivity (Wildman–Crippen MR) is 108 cm³/mol. The van der Waals surface area contributed by atoms with Gasteiger partial charge >= 0.3 is 0 Å². The first-order valence-corrected chi connectivity index (χ1v) is 9.66. The van der Waals surface area contributed by atoms with Gasteiger partial charge in [-0.2, -0.15) is 0 Å². The van der Waals surface area contributed by atoms with Crippen LogP contribution < -0.4 is 15.4 Å². The van der Waals surface area contributed by atoms with E-state index in [4.69, 9.17) is 4.74 Å². The third-order valence-corrected chi connectivity index (χ3v) is 5.00. The second kappa shape index (κ2) is 9.05. The number of aryl methyl sites for hydroxylation is 1. The number of carbonyl (C=O) groups excluding carboxylic acids is 2. The average molecular weight is 399 g/mol. The molecule has 6 nitrogen and oxygen atoms in total. The Balaban J connectivity index is 1.88. The molecule has 2 N–H and O–H groups in total. The normalized spacial score (nSPS) is 17.5. The van der Waals surface area contributed by atoms with Crippen LogP contribution in [-0.4, -0.2) is 49.4 Å². The molecule has 1 aliphatic heterocycles. The molecule has 3 rings (SSSR count). The maximum Gasteiger partial charge on any atom is 0.268 e. The van der Waals surface area contributed by atoms with Crippen LogP contribution in [0.3, 0.4) is 0 Å². The van der Waals surface area contributed by atoms with E-state index in [2.05, 4.69) is 10.6 Å². The van der Waals surface area contributed by atoms with Crippen molar-refractivity contribution in [1.29, 1.82) is 0 Å². The van der Waals surface area contributed by atoms with Crippen LogP contribution in [0.1, 0.15) is 34.5 Å². The molecule has 0 aliphatic carbocycles. The van der Waals surface area contributed by atoms with E-state index >= 15 is 0 Å². The summed E-state index contributed by atoms with van der Waals surface area (Å²) >= 11 is 0. The number of hydrogen-bond acceptors (Lipinski definition) is 4. The van der Waals surface area contributed by atoms with E-state index in [1.54, 1.807) is 55.3 Å². The number of carbonyl (C=O) groups is 2. The van der Waals surface area contributed by atoms with Crippen molar-refractivity contribution in [3.05, 3.63) is 65.0 Å². The third-order valence-electron chi connectivity index (χ3n) is 5.00. The molecule has 2 atom stereocenters. The van der Waals surface area contributed by atoms with Crippen LogP contribution in [0.15, 0.2) is 42.5 Å². The number of benzene rings is 2. The first-order chi connectivity index (χ1) is 13.9. The number of ether oxygens (including phenoxy) is 1. The molecular formula is C22H26FN3O3. The van der Waals surface area contributed by atoms with Crippen molar-refractivity contribution in [1.82, 2.24) is 15.5 Å². The number of nitrogens with one attached hydrogen (secondary N) is 2. The van der Waals surface area contributed by atoms with Crippen LogP contribution in [0.25, 0.3) is 0 Å². The fraction of sp³-hybridized carbons (Fsp3) is 0.364. The van der Waals surface area contributed by atoms with Crippen molar-refractivity contribution in [2.45, 2.75) is 26.0 Å². The summed E-state index contributed by atoms with van der Waals surface area (Å²) in [5.41, 5.74) is 1.45. The van der Waals surface area contributed by atoms with Crippen molar-refractivity contribution < 1.29 is 18.7 Å². The quantitative estimate of drug-likeness (QED) is 0.810. The SMILES string of the molecule is CNC(=O)c1ccc(O[C@@H](C(=O)N2CCN[C@H](C)C2)c2ccc(C)c(F)c2)cc1. The Hall–Kier alpha value is -2.93. The lowest BCUT2D eigenvalue weighted by molar-refractivity contribution is -0.140. The monoisotopic (exact) mass is 399 g/mol. The van der Waals surface area contributed by atoms with Gasteiger partial charge in [0.15, 0.2) is 0 Å². The maximum absolute atomic E-state index is 14.2. The molecular weight excluding hydrogens is 373 g/mol. The van der Waals surface area contributed by atoms with Crippen LogP contribution in [-0.2, 0) is 4.79 Å². The van der Waals surface area contributed by atoms with E-state index < -0.39 is 6.10 Å². The van der Waals surface area contributed by atoms with Crippen LogP contribution in [0, 0.1) is 12.7 Å². The summed E-state index contributed by atoms with van der Waals surface area (Å²) in [5.74, 6) is -0.371. The second-order valence-electron chi connectivity index (χ2n) is 7.25. The molecule has 1 fully saturated rings. The summed E-state index contributed by atoms with van der Waals surface area (Å²) in [6.45, 7) is 5.50. The fourth-order valence-electron chi connectivity index (χ4n) is 3.30. The maximum atomic E-state index is 14.2. The van der Waals surface area contributed by atoms with Crippen LogP contribution >= 0.6 is 0 Å². The summed E-state index contributed by atoms with van der Waals surface area (Å²) in [6.07, 6.45) is -0.971. The van der Waals surface area contributed by atoms with Gasteiger partial charge in [0, 0.05) is 43.9 Å². The topological polar surface area (TPSA) is 70.7 Å². The molecule has 0 radical (unpaired) electrons. The van der Waals surface area contributed by atoms with E-state index in [9.17, 15) is 14.0 Å². The summed E-state index contributed by atoms with van der Waals surface area (Å²) < 4.78 is 20.2. The molecule has 2 amide bonds. The zero-order valence-electron chi connectivity index (χ0n) is 16.9. The van der Waals surface area contributed by atoms with Gasteiger partial charge in [-0.3, -0.25) is 9.59 Å². The predicted octanol–water partition coefficient (Wildman–Crippen LogP) is 2.43. The molecule has 154 valence electrons. The molecule has 1 aliphatic rings. The number of hydrogen-bond donors (Lipinski definition) is 2. The Labute approximate surface area is 170 Å². The van der Waals surface area contributed by atoms with Gasteiger partial charge in [0.25, 0.3) is 11.8 Å². The number of piperazine rings is 1. The first-order valence-electron chi connectivity index (χ1n) is 9.66. The molecule has 7 heteroatoms. The van der Waals surface area contributed by atoms with Crippen molar-refractivity contribution in [3.8, 4) is 5.75 Å². The first kappa shape index (κ1) is 20.8. The van der Waals surface area contributed by atoms with Gasteiger partial charge in [0.1, 0.15) is 11.6 Å². The number of halogens is 1. The Kier molecular flexibility index (Phi) is 6.49. The minimum Gasteiger partial charge on any atom is -0.476 e. The van der Waals surface area contributed by atoms with Gasteiger partial charge in [0.05, 0.1) is 0 Å². The molecule has 2 aromatic carbocycles. The lowest BCUT2D eigenvalue weighted by Crippen LogP contribution is -2.53. The van der Waals surface area contributed by atoms with E-state index in [1.165, 1.54) is 6.07 Å². The smallest absolute Gasteiger partial charge is 0.268 e. The molecule has 0 aromatic heterocycles. The number of rotatable bonds is 5. The average Bonchev–Trinajstić information content (AvgIpc) is 2.73. The lowest BCUT2D eigenvalue weighted by Gasteiger charge is -2.34. The zero-order chi connectivity index (χ0) is 21.0. The standard InChI is InChI=1S/C22H26FN3O3/c1-14-4-5-17(12-19(14)23)20(22(28)26-11-10-25-15(2)13-26)29-18-8-6-16(7-9-18)21(27)24-3/h4-9,12,15,20,25H,10-11,13H2,1-3H3,(H,24,27)/t15-,20-/m1/s1. The van der Waals surface area contributed by atoms with Gasteiger partial charge in [-0.25, -0.2) is 4.39 Å². The van der Waals surface area contributed by atoms with Crippen molar-refractivity contribution in [3.63, 3.8) is 0 Å². The molecule has 1 heterocycles. The van der Waals surface area contributed by atoms with Gasteiger partial charge in [0.2, 0.25) is 6.10 Å². The fourth-order valence-corrected chi connectivity index (χ4v) is 3.30. The minimum atomic E-state index is -0.971. The highest BCUT2D eigenvalue weighted by Gasteiger charge is 2.31. The van der Waals surface area contributed by atoms with Gasteiger partial charge < -0.3 is 20.3 Å². The Morgan fingerprint density at radius 1 is 1.24 bits per heavy atom. The van der Waals surface area contributed by atoms with Crippen molar-refractivity contribution in [2.75, 3.05) is 26.7 Å². The highest BCUT2D eigenvalue weighted by molar-refractivity contribution is 5.94. The Morgan fingerprint density at radius 2 is 1.97 bits per heavy atom. The van der Waals surface area contributed by atoms with Crippen molar-refractivity contribution in [2.24, 2.45) is 0 Å². The molecule has 1 saturated heterocycles. The summed E-state index contributed by atoms with van der Waals surface area (Å²) in [6, 6.07) is 11.4. The molecule has 0 saturated carbocycles. The molecule has 0 unspecified atom stereocenters. The summed E-state index contributed by atoms with van der Waals surface area (Å²) in [4.78, 5) is 26.7. The van der Waals surface area contributed by atoms with Gasteiger partial charge in [-0.15, -0.1) is 0 Å². The Bertz CT molecular complexity index is 885. The molecule has 2 aromatic rings. The largest absolute Gasteiger partial charge is 0.476 e. The molecule has 0 spiro atoms. The van der Waals surface area contributed by atoms with E-state index in [1.807, 2.05) is 6.92 Å². The summed E-state index contributed by atoms with van der Waals surface area (Å²) in [5, 5.41) is 5.86. The Morgan fingerprint density at radius 3 is 2.59 bits per heavy atom. The third kappa shape index (κ3) is 4.92. The van der Waals surface area contributed by atoms with E-state index in [-0.39, 0.29) is 23.7 Å². The molecule has 0 bridgehead atoms. The van der Waals surface area contributed by atoms with E-state index in [0.717, 1.165) is 0 Å². The zero-order valence-corrected chi connectivity index (χ0v) is 16.9. The summed E-state index contributed by atoms with van der Waals surface area (Å²) in [7, 11) is 1.56. The van der Waals surface area contributed by atoms with Crippen molar-refractivity contribution >= 4 is 11.8 Å². The minimum absolute atomic E-state index is 0.176. The van der Waals surface area contributed by atoms with Crippen LogP contribution in [0.5, 0.6) is 5.75 Å². The van der Waals surface area contributed by atoms with Crippen LogP contribution in [0.4, 0.5) is 4.39 Å². The van der Waals surface area contributed by atoms with Crippen LogP contribution in [0.2, 0.25) is 0 Å². The highest BCUT2D eigenvalue weighted by atomic mass is 19.1. The lowest BCUT2D eigenvalue weighted by atomic mass is 10.0. The van der Waals surface area contributed by atoms with E-state index in [0.29, 0.717) is 42.1 Å². The second-order valence-corrected chi connectivity index (χ2v) is 7.25. The number of amides is 2. The van der Waals surface area contributed by atoms with Gasteiger partial charge in [-0.1, -0.05) is 12.1 Å². The highest BCUT2D eigenvalue weighted by Crippen LogP contribution is 2.26. The number of nitrogens with zero attached hydrogens (tertiary/aromatic N) is 1. The molecule has 29 heavy (non-hydrogen) atoms. The van der Waals surface area contributed by atoms with Gasteiger partial charge in [-0.05, 0) is 49.7 Å².